The minimum atomic E-state index is -1.99. The summed E-state index contributed by atoms with van der Waals surface area (Å²) in [4.78, 5) is 24.6. The first-order valence-corrected chi connectivity index (χ1v) is 19.0. The van der Waals surface area contributed by atoms with E-state index in [2.05, 4.69) is 5.32 Å². The van der Waals surface area contributed by atoms with Crippen LogP contribution in [0.25, 0.3) is 0 Å². The quantitative estimate of drug-likeness (QED) is 0.117. The van der Waals surface area contributed by atoms with Crippen LogP contribution < -0.4 is 5.32 Å². The number of carbonyl (C=O) groups is 2. The second-order valence-corrected chi connectivity index (χ2v) is 15.3. The average molecular weight is 846 g/mol. The molecule has 2 bridgehead atoms. The zero-order chi connectivity index (χ0) is 42.5. The summed E-state index contributed by atoms with van der Waals surface area (Å²) in [6, 6.07) is -1.61. The lowest BCUT2D eigenvalue weighted by atomic mass is 9.94. The number of aliphatic hydroxyl groups excluding tert-OH is 10. The van der Waals surface area contributed by atoms with Crippen molar-refractivity contribution >= 4 is 11.9 Å². The lowest BCUT2D eigenvalue weighted by Crippen LogP contribution is -2.71. The van der Waals surface area contributed by atoms with E-state index in [4.69, 9.17) is 52.1 Å². The van der Waals surface area contributed by atoms with Crippen molar-refractivity contribution in [3.8, 4) is 0 Å². The molecule has 0 aromatic rings. The molecule has 6 rings (SSSR count). The zero-order valence-corrected chi connectivity index (χ0v) is 32.1. The first kappa shape index (κ1) is 45.7. The van der Waals surface area contributed by atoms with E-state index in [-0.39, 0.29) is 0 Å². The van der Waals surface area contributed by atoms with E-state index in [0.717, 1.165) is 13.8 Å². The Kier molecular flexibility index (Phi) is 14.7. The van der Waals surface area contributed by atoms with Crippen LogP contribution in [-0.4, -0.2) is 230 Å². The van der Waals surface area contributed by atoms with E-state index in [1.54, 1.807) is 0 Å². The molecule has 0 saturated carbocycles. The predicted octanol–water partition coefficient (Wildman–Crippen LogP) is -7.08. The number of hydrogen-bond donors (Lipinski definition) is 11. The van der Waals surface area contributed by atoms with Crippen molar-refractivity contribution in [1.82, 2.24) is 5.32 Å². The fraction of sp³-hybridized carbons (Fsp3) is 0.941. The van der Waals surface area contributed by atoms with Crippen LogP contribution in [0.3, 0.4) is 0 Å². The number of nitrogens with one attached hydrogen (secondary N) is 1. The van der Waals surface area contributed by atoms with Gasteiger partial charge in [-0.3, -0.25) is 9.59 Å². The summed E-state index contributed by atoms with van der Waals surface area (Å²) in [5, 5.41) is 114. The Morgan fingerprint density at radius 1 is 0.466 bits per heavy atom. The van der Waals surface area contributed by atoms with E-state index in [1.807, 2.05) is 0 Å². The van der Waals surface area contributed by atoms with Crippen LogP contribution in [0.2, 0.25) is 0 Å². The summed E-state index contributed by atoms with van der Waals surface area (Å²) < 4.78 is 65.6. The first-order valence-electron chi connectivity index (χ1n) is 19.0. The Morgan fingerprint density at radius 3 is 1.22 bits per heavy atom. The summed E-state index contributed by atoms with van der Waals surface area (Å²) in [5.74, 6) is -1.53. The van der Waals surface area contributed by atoms with Gasteiger partial charge in [0.15, 0.2) is 31.5 Å². The summed E-state index contributed by atoms with van der Waals surface area (Å²) in [6.45, 7) is 4.79. The molecule has 0 radical (unpaired) electrons. The second kappa shape index (κ2) is 18.6. The Bertz CT molecular complexity index is 1400. The Labute approximate surface area is 331 Å². The third-order valence-corrected chi connectivity index (χ3v) is 11.1. The molecule has 0 unspecified atom stereocenters. The van der Waals surface area contributed by atoms with Crippen molar-refractivity contribution in [3.05, 3.63) is 0 Å². The normalized spacial score (nSPS) is 52.8. The number of ether oxygens (including phenoxy) is 11. The smallest absolute Gasteiger partial charge is 0.302 e. The minimum absolute atomic E-state index is 0.644. The molecule has 334 valence electrons. The van der Waals surface area contributed by atoms with Crippen LogP contribution in [0.5, 0.6) is 0 Å². The SMILES string of the molecule is CC(=O)N[C@H]1[C@H]2O[C@H]3[C@H](O[C@H]4[C@H](O[C@H]5[C@H](O[C@H]6[C@@H](O[C@H]1[C@H](O)[C@@H](COC(C)=O)O2)O[C@H](CO)[C@@H](O)[C@@H]6O)O[C@@H](C)[C@H](O)[C@H]5O)O[C@@H](C)[C@H](O)[C@H]4O)O[C@@H](C)[C@@H](O)[C@H]3O. The third-order valence-electron chi connectivity index (χ3n) is 11.1. The third kappa shape index (κ3) is 9.17. The van der Waals surface area contributed by atoms with E-state index >= 15 is 0 Å². The van der Waals surface area contributed by atoms with E-state index < -0.39 is 179 Å². The number of rotatable bonds is 4. The van der Waals surface area contributed by atoms with Gasteiger partial charge >= 0.3 is 5.97 Å². The van der Waals surface area contributed by atoms with Gasteiger partial charge in [-0.25, -0.2) is 0 Å². The van der Waals surface area contributed by atoms with E-state index in [0.29, 0.717) is 0 Å². The molecule has 24 nitrogen and oxygen atoms in total. The van der Waals surface area contributed by atoms with E-state index in [9.17, 15) is 60.7 Å². The van der Waals surface area contributed by atoms with Gasteiger partial charge in [0.2, 0.25) is 5.91 Å². The van der Waals surface area contributed by atoms with Gasteiger partial charge in [-0.2, -0.15) is 0 Å². The van der Waals surface area contributed by atoms with Crippen LogP contribution in [0.1, 0.15) is 34.6 Å². The second-order valence-electron chi connectivity index (χ2n) is 15.3. The van der Waals surface area contributed by atoms with Crippen LogP contribution in [-0.2, 0) is 61.7 Å². The molecular weight excluding hydrogens is 790 g/mol. The van der Waals surface area contributed by atoms with Gasteiger partial charge in [-0.05, 0) is 20.8 Å². The monoisotopic (exact) mass is 845 g/mol. The highest BCUT2D eigenvalue weighted by Gasteiger charge is 2.58. The van der Waals surface area contributed by atoms with Gasteiger partial charge in [0.25, 0.3) is 0 Å². The summed E-state index contributed by atoms with van der Waals surface area (Å²) in [7, 11) is 0. The van der Waals surface area contributed by atoms with Crippen molar-refractivity contribution in [1.29, 1.82) is 0 Å². The zero-order valence-electron chi connectivity index (χ0n) is 32.1. The molecule has 6 fully saturated rings. The maximum absolute atomic E-state index is 12.8. The highest BCUT2D eigenvalue weighted by molar-refractivity contribution is 5.73. The van der Waals surface area contributed by atoms with Gasteiger partial charge in [0, 0.05) is 13.8 Å². The largest absolute Gasteiger partial charge is 0.463 e. The Hall–Kier alpha value is -1.86. The van der Waals surface area contributed by atoms with Gasteiger partial charge < -0.3 is 108 Å². The first-order chi connectivity index (χ1) is 27.3. The molecule has 58 heavy (non-hydrogen) atoms. The molecule has 0 aromatic heterocycles. The summed E-state index contributed by atoms with van der Waals surface area (Å²) in [5.41, 5.74) is 0. The van der Waals surface area contributed by atoms with Gasteiger partial charge in [0.05, 0.1) is 24.9 Å². The molecule has 6 aliphatic rings. The molecule has 6 saturated heterocycles. The molecular formula is C34H55NO23. The molecule has 11 N–H and O–H groups in total. The van der Waals surface area contributed by atoms with Crippen LogP contribution in [0, 0.1) is 0 Å². The van der Waals surface area contributed by atoms with Crippen LogP contribution >= 0.6 is 0 Å². The standard InChI is InChI=1S/C34H55NO23/c1-8-16(39)21(44)26-31(49-8)56-27-22(45)17(40)9(2)50-32(27)57-28-23(46)18(41)10(3)51-33(28)58-29-24(47)19(42)13(6-36)52-34(29)54-25-15(35-11(4)37)30(55-26)53-14(20(25)43)7-48-12(5)38/h8-10,13-34,36,39-47H,6-7H2,1-5H3,(H,35,37)/t8-,9-,10-,13+,14+,15+,16+,17-,18-,19+,20+,21+,22+,23+,24-,25+,26+,27+,28+,29+,30+,31-,32-,33-,34+/m0/s1. The molecule has 1 amide bonds. The maximum atomic E-state index is 12.8. The fourth-order valence-corrected chi connectivity index (χ4v) is 7.78. The fourth-order valence-electron chi connectivity index (χ4n) is 7.78. The molecule has 6 heterocycles. The Morgan fingerprint density at radius 2 is 0.828 bits per heavy atom. The van der Waals surface area contributed by atoms with E-state index in [1.165, 1.54) is 20.8 Å². The van der Waals surface area contributed by atoms with Gasteiger partial charge in [-0.1, -0.05) is 0 Å². The topological polar surface area (TPSA) is 350 Å². The molecule has 0 aromatic carbocycles. The van der Waals surface area contributed by atoms with Crippen molar-refractivity contribution < 1.29 is 113 Å². The molecule has 6 aliphatic heterocycles. The van der Waals surface area contributed by atoms with Crippen LogP contribution in [0.4, 0.5) is 0 Å². The van der Waals surface area contributed by atoms with Crippen molar-refractivity contribution in [2.45, 2.75) is 188 Å². The maximum Gasteiger partial charge on any atom is 0.302 e. The lowest BCUT2D eigenvalue weighted by Gasteiger charge is -2.52. The lowest BCUT2D eigenvalue weighted by molar-refractivity contribution is -0.418. The highest BCUT2D eigenvalue weighted by atomic mass is 16.8. The summed E-state index contributed by atoms with van der Waals surface area (Å²) >= 11 is 0. The summed E-state index contributed by atoms with van der Waals surface area (Å²) in [6.07, 6.45) is -41.0. The highest BCUT2D eigenvalue weighted by Crippen LogP contribution is 2.38. The van der Waals surface area contributed by atoms with Gasteiger partial charge in [-0.15, -0.1) is 0 Å². The van der Waals surface area contributed by atoms with Crippen LogP contribution in [0.15, 0.2) is 0 Å². The Balaban J connectivity index is 1.51. The number of fused-ring (bicyclic) bond motifs is 6. The number of aliphatic hydroxyl groups is 10. The number of esters is 1. The molecule has 0 aliphatic carbocycles. The molecule has 25 atom stereocenters. The molecule has 24 heteroatoms. The van der Waals surface area contributed by atoms with Crippen molar-refractivity contribution in [2.24, 2.45) is 0 Å². The number of amides is 1. The number of hydrogen-bond acceptors (Lipinski definition) is 23. The minimum Gasteiger partial charge on any atom is -0.463 e. The van der Waals surface area contributed by atoms with Crippen molar-refractivity contribution in [2.75, 3.05) is 13.2 Å². The van der Waals surface area contributed by atoms with Gasteiger partial charge in [0.1, 0.15) is 110 Å². The number of carbonyl (C=O) groups excluding carboxylic acids is 2. The van der Waals surface area contributed by atoms with Crippen molar-refractivity contribution in [3.63, 3.8) is 0 Å². The average Bonchev–Trinajstić information content (AvgIpc) is 3.16. The molecule has 0 spiro atoms. The predicted molar refractivity (Wildman–Crippen MR) is 180 cm³/mol.